The van der Waals surface area contributed by atoms with Crippen LogP contribution >= 0.6 is 11.8 Å². The topological polar surface area (TPSA) is 30.7 Å². The van der Waals surface area contributed by atoms with E-state index in [1.165, 1.54) is 23.3 Å². The highest BCUT2D eigenvalue weighted by molar-refractivity contribution is 7.99. The molecule has 3 nitrogen and oxygen atoms in total. The minimum atomic E-state index is -0.0292. The number of esters is 1. The first-order valence-corrected chi connectivity index (χ1v) is 9.34. The van der Waals surface area contributed by atoms with Gasteiger partial charge in [0.25, 0.3) is 0 Å². The van der Waals surface area contributed by atoms with E-state index in [-0.39, 0.29) is 12.1 Å². The summed E-state index contributed by atoms with van der Waals surface area (Å²) in [4.78, 5) is 13.3. The van der Waals surface area contributed by atoms with Crippen molar-refractivity contribution < 1.29 is 14.4 Å². The fraction of sp³-hybridized carbons (Fsp3) is 0.611. The van der Waals surface area contributed by atoms with Crippen LogP contribution in [0.25, 0.3) is 0 Å². The van der Waals surface area contributed by atoms with E-state index in [0.29, 0.717) is 11.7 Å². The Morgan fingerprint density at radius 1 is 1.23 bits per heavy atom. The Kier molecular flexibility index (Phi) is 7.26. The summed E-state index contributed by atoms with van der Waals surface area (Å²) in [5.74, 6) is 0.972. The lowest BCUT2D eigenvalue weighted by molar-refractivity contribution is -0.857. The van der Waals surface area contributed by atoms with Gasteiger partial charge in [0, 0.05) is 11.0 Å². The molecule has 0 unspecified atom stereocenters. The molecule has 1 fully saturated rings. The van der Waals surface area contributed by atoms with Crippen molar-refractivity contribution in [3.8, 4) is 0 Å². The molecule has 2 rings (SSSR count). The Bertz CT molecular complexity index is 450. The van der Waals surface area contributed by atoms with Gasteiger partial charge in [0.05, 0.1) is 27.1 Å². The first-order valence-electron chi connectivity index (χ1n) is 8.29. The van der Waals surface area contributed by atoms with E-state index in [1.54, 1.807) is 0 Å². The van der Waals surface area contributed by atoms with Gasteiger partial charge < -0.3 is 9.64 Å². The van der Waals surface area contributed by atoms with Crippen LogP contribution in [0.1, 0.15) is 37.7 Å². The maximum Gasteiger partial charge on any atom is 0.311 e. The van der Waals surface area contributed by atoms with Crippen molar-refractivity contribution in [2.45, 2.75) is 49.2 Å². The third-order valence-electron chi connectivity index (χ3n) is 4.06. The van der Waals surface area contributed by atoms with Gasteiger partial charge >= 0.3 is 5.97 Å². The van der Waals surface area contributed by atoms with Crippen LogP contribution in [-0.2, 0) is 15.3 Å². The first-order chi connectivity index (χ1) is 10.6. The lowest BCUT2D eigenvalue weighted by atomic mass is 9.97. The van der Waals surface area contributed by atoms with E-state index < -0.39 is 0 Å². The van der Waals surface area contributed by atoms with Crippen LogP contribution in [0.2, 0.25) is 0 Å². The second-order valence-electron chi connectivity index (χ2n) is 6.35. The van der Waals surface area contributed by atoms with Gasteiger partial charge in [-0.1, -0.05) is 36.8 Å². The largest absolute Gasteiger partial charge is 0.461 e. The summed E-state index contributed by atoms with van der Waals surface area (Å²) >= 11 is 1.94. The fourth-order valence-corrected chi connectivity index (χ4v) is 4.08. The molecule has 0 spiro atoms. The van der Waals surface area contributed by atoms with Gasteiger partial charge in [-0.3, -0.25) is 4.79 Å². The van der Waals surface area contributed by atoms with E-state index >= 15 is 0 Å². The van der Waals surface area contributed by atoms with Crippen LogP contribution < -0.4 is 4.90 Å². The summed E-state index contributed by atoms with van der Waals surface area (Å²) in [5, 5.41) is 0.449. The van der Waals surface area contributed by atoms with Crippen molar-refractivity contribution in [1.29, 1.82) is 0 Å². The van der Waals surface area contributed by atoms with Crippen molar-refractivity contribution in [2.24, 2.45) is 0 Å². The molecule has 0 bridgehead atoms. The molecule has 0 amide bonds. The predicted octanol–water partition coefficient (Wildman–Crippen LogP) is 2.31. The van der Waals surface area contributed by atoms with E-state index in [4.69, 9.17) is 4.74 Å². The Labute approximate surface area is 138 Å². The molecule has 1 saturated carbocycles. The second-order valence-corrected chi connectivity index (χ2v) is 7.58. The summed E-state index contributed by atoms with van der Waals surface area (Å²) in [7, 11) is 4.12. The zero-order valence-electron chi connectivity index (χ0n) is 13.7. The smallest absolute Gasteiger partial charge is 0.311 e. The van der Waals surface area contributed by atoms with Crippen molar-refractivity contribution >= 4 is 17.7 Å². The zero-order chi connectivity index (χ0) is 15.8. The molecule has 1 aliphatic carbocycles. The van der Waals surface area contributed by atoms with Crippen LogP contribution in [0, 0.1) is 0 Å². The summed E-state index contributed by atoms with van der Waals surface area (Å²) in [6.07, 6.45) is 5.24. The van der Waals surface area contributed by atoms with Crippen LogP contribution in [0.3, 0.4) is 0 Å². The van der Waals surface area contributed by atoms with Crippen LogP contribution in [-0.4, -0.2) is 38.0 Å². The van der Waals surface area contributed by atoms with Crippen LogP contribution in [0.5, 0.6) is 0 Å². The van der Waals surface area contributed by atoms with E-state index in [0.717, 1.165) is 25.1 Å². The van der Waals surface area contributed by atoms with Crippen LogP contribution in [0.15, 0.2) is 30.3 Å². The third kappa shape index (κ3) is 6.01. The summed E-state index contributed by atoms with van der Waals surface area (Å²) < 4.78 is 5.77. The molecular weight excluding hydrogens is 294 g/mol. The van der Waals surface area contributed by atoms with Gasteiger partial charge in [0.15, 0.2) is 0 Å². The number of hydrogen-bond acceptors (Lipinski definition) is 3. The molecule has 0 aliphatic heterocycles. The molecule has 4 heteroatoms. The fourth-order valence-electron chi connectivity index (χ4n) is 2.75. The molecule has 2 atom stereocenters. The summed E-state index contributed by atoms with van der Waals surface area (Å²) in [6, 6.07) is 10.5. The Morgan fingerprint density at radius 2 is 1.95 bits per heavy atom. The second kappa shape index (κ2) is 9.21. The van der Waals surface area contributed by atoms with Crippen molar-refractivity contribution in [3.63, 3.8) is 0 Å². The normalized spacial score (nSPS) is 21.8. The van der Waals surface area contributed by atoms with E-state index in [1.807, 2.05) is 17.8 Å². The summed E-state index contributed by atoms with van der Waals surface area (Å²) in [5.41, 5.74) is 1.35. The maximum atomic E-state index is 12.0. The number of carbonyl (C=O) groups is 1. The number of benzene rings is 1. The average Bonchev–Trinajstić information content (AvgIpc) is 2.53. The zero-order valence-corrected chi connectivity index (χ0v) is 14.5. The van der Waals surface area contributed by atoms with Crippen molar-refractivity contribution in [2.75, 3.05) is 20.6 Å². The highest BCUT2D eigenvalue weighted by Crippen LogP contribution is 2.32. The third-order valence-corrected chi connectivity index (χ3v) is 5.53. The molecule has 1 aliphatic rings. The quantitative estimate of drug-likeness (QED) is 0.782. The lowest BCUT2D eigenvalue weighted by Crippen LogP contribution is -3.05. The minimum absolute atomic E-state index is 0.0292. The molecule has 122 valence electrons. The number of ether oxygens (including phenoxy) is 1. The molecule has 1 N–H and O–H groups in total. The van der Waals surface area contributed by atoms with E-state index in [9.17, 15) is 4.79 Å². The number of rotatable bonds is 7. The average molecular weight is 322 g/mol. The van der Waals surface area contributed by atoms with Gasteiger partial charge in [0.2, 0.25) is 0 Å². The van der Waals surface area contributed by atoms with Crippen molar-refractivity contribution in [1.82, 2.24) is 0 Å². The molecule has 0 heterocycles. The number of nitrogens with one attached hydrogen (secondary N) is 1. The Morgan fingerprint density at radius 3 is 2.68 bits per heavy atom. The van der Waals surface area contributed by atoms with Crippen LogP contribution in [0.4, 0.5) is 0 Å². The highest BCUT2D eigenvalue weighted by Gasteiger charge is 2.28. The first kappa shape index (κ1) is 17.4. The van der Waals surface area contributed by atoms with E-state index in [2.05, 4.69) is 38.4 Å². The van der Waals surface area contributed by atoms with Gasteiger partial charge in [-0.25, -0.2) is 0 Å². The molecular formula is C18H28NO2S+. The molecule has 1 aromatic rings. The molecule has 0 radical (unpaired) electrons. The maximum absolute atomic E-state index is 12.0. The van der Waals surface area contributed by atoms with Gasteiger partial charge in [-0.15, -0.1) is 11.8 Å². The number of quaternary nitrogens is 1. The number of carbonyl (C=O) groups excluding carboxylic acids is 1. The number of thioether (sulfide) groups is 1. The SMILES string of the molecule is C[NH+](C)CCC(=O)O[C@@H]1CCCC[C@@H]1SCc1ccccc1. The Balaban J connectivity index is 1.81. The molecule has 22 heavy (non-hydrogen) atoms. The van der Waals surface area contributed by atoms with Gasteiger partial charge in [-0.05, 0) is 24.8 Å². The van der Waals surface area contributed by atoms with Crippen molar-refractivity contribution in [3.05, 3.63) is 35.9 Å². The van der Waals surface area contributed by atoms with Gasteiger partial charge in [0.1, 0.15) is 6.10 Å². The lowest BCUT2D eigenvalue weighted by Gasteiger charge is -2.30. The summed E-state index contributed by atoms with van der Waals surface area (Å²) in [6.45, 7) is 0.841. The monoisotopic (exact) mass is 322 g/mol. The minimum Gasteiger partial charge on any atom is -0.461 e. The predicted molar refractivity (Wildman–Crippen MR) is 92.2 cm³/mol. The Hall–Kier alpha value is -1.00. The molecule has 0 saturated heterocycles. The molecule has 0 aromatic heterocycles. The van der Waals surface area contributed by atoms with Gasteiger partial charge in [-0.2, -0.15) is 0 Å². The standard InChI is InChI=1S/C18H27NO2S/c1-19(2)13-12-18(20)21-16-10-6-7-11-17(16)22-14-15-8-4-3-5-9-15/h3-5,8-9,16-17H,6-7,10-14H2,1-2H3/p+1/t16-,17+/m1/s1. The number of hydrogen-bond donors (Lipinski definition) is 1. The molecule has 1 aromatic carbocycles. The highest BCUT2D eigenvalue weighted by atomic mass is 32.2.